The third-order valence-corrected chi connectivity index (χ3v) is 5.95. The van der Waals surface area contributed by atoms with Crippen molar-refractivity contribution in [1.29, 1.82) is 0 Å². The smallest absolute Gasteiger partial charge is 0.413 e. The average Bonchev–Trinajstić information content (AvgIpc) is 3.59. The minimum Gasteiger partial charge on any atom is -0.457 e. The predicted molar refractivity (Wildman–Crippen MR) is 135 cm³/mol. The molecular formula is C23H26N6O8S. The van der Waals surface area contributed by atoms with Gasteiger partial charge in [-0.15, -0.1) is 11.3 Å². The average molecular weight is 547 g/mol. The van der Waals surface area contributed by atoms with E-state index in [-0.39, 0.29) is 66.3 Å². The number of carbonyl (C=O) groups excluding carboxylic acids is 5. The number of nitrogens with one attached hydrogen (secondary N) is 2. The summed E-state index contributed by atoms with van der Waals surface area (Å²) in [6, 6.07) is -1.07. The number of thiazole rings is 1. The second kappa shape index (κ2) is 12.7. The second-order valence-corrected chi connectivity index (χ2v) is 8.54. The van der Waals surface area contributed by atoms with Gasteiger partial charge in [0, 0.05) is 30.5 Å². The van der Waals surface area contributed by atoms with E-state index < -0.39 is 29.9 Å². The van der Waals surface area contributed by atoms with Crippen molar-refractivity contribution >= 4 is 51.8 Å². The Balaban J connectivity index is 1.76. The Morgan fingerprint density at radius 3 is 2.61 bits per heavy atom. The highest BCUT2D eigenvalue weighted by molar-refractivity contribution is 7.14. The van der Waals surface area contributed by atoms with E-state index in [9.17, 15) is 24.0 Å². The van der Waals surface area contributed by atoms with Crippen LogP contribution in [-0.2, 0) is 33.5 Å². The molecule has 0 aliphatic carbocycles. The molecule has 2 aliphatic heterocycles. The highest BCUT2D eigenvalue weighted by Gasteiger charge is 2.49. The standard InChI is InChI=1S/C23H26N6O8S/c1-5-8-36-21(33)18-13(16(30)7-3)10-28-11-14(20(32)29(18)28)24-19(31)17(27-35-4)15-12-38-22(25-15)26-23(34)37-9-6-2/h5-6,12,14H,1-2,7-11H2,3-4H3,(H,24,31)(H,25,26,34)/b27-17-. The van der Waals surface area contributed by atoms with Crippen molar-refractivity contribution < 1.29 is 38.3 Å². The van der Waals surface area contributed by atoms with Crippen LogP contribution in [0.2, 0.25) is 0 Å². The number of hydrogen-bond acceptors (Lipinski definition) is 12. The Morgan fingerprint density at radius 1 is 1.24 bits per heavy atom. The van der Waals surface area contributed by atoms with Gasteiger partial charge in [-0.3, -0.25) is 19.7 Å². The van der Waals surface area contributed by atoms with Crippen LogP contribution in [0.25, 0.3) is 0 Å². The van der Waals surface area contributed by atoms with Gasteiger partial charge in [0.25, 0.3) is 11.8 Å². The number of hydrogen-bond donors (Lipinski definition) is 2. The number of carbonyl (C=O) groups is 5. The largest absolute Gasteiger partial charge is 0.457 e. The van der Waals surface area contributed by atoms with Gasteiger partial charge < -0.3 is 19.6 Å². The number of esters is 1. The maximum atomic E-state index is 13.2. The summed E-state index contributed by atoms with van der Waals surface area (Å²) in [5.41, 5.74) is -0.196. The van der Waals surface area contributed by atoms with E-state index in [1.165, 1.54) is 29.7 Å². The summed E-state index contributed by atoms with van der Waals surface area (Å²) in [7, 11) is 1.23. The highest BCUT2D eigenvalue weighted by Crippen LogP contribution is 2.31. The van der Waals surface area contributed by atoms with Crippen LogP contribution < -0.4 is 10.6 Å². The molecule has 3 amide bonds. The van der Waals surface area contributed by atoms with Gasteiger partial charge in [0.2, 0.25) is 0 Å². The van der Waals surface area contributed by atoms with Crippen LogP contribution in [-0.4, -0.2) is 89.8 Å². The van der Waals surface area contributed by atoms with Gasteiger partial charge in [-0.25, -0.2) is 24.6 Å². The Labute approximate surface area is 221 Å². The molecule has 3 heterocycles. The Bertz CT molecular complexity index is 1220. The van der Waals surface area contributed by atoms with Crippen LogP contribution in [0.4, 0.5) is 9.93 Å². The summed E-state index contributed by atoms with van der Waals surface area (Å²) in [6.07, 6.45) is 2.14. The van der Waals surface area contributed by atoms with Gasteiger partial charge in [-0.2, -0.15) is 0 Å². The molecule has 0 bridgehead atoms. The van der Waals surface area contributed by atoms with E-state index in [2.05, 4.69) is 33.9 Å². The first-order valence-corrected chi connectivity index (χ1v) is 12.2. The maximum absolute atomic E-state index is 13.2. The number of Topliss-reactive ketones (excluding diaryl/α,β-unsaturated/α-hetero) is 1. The summed E-state index contributed by atoms with van der Waals surface area (Å²) < 4.78 is 9.92. The molecule has 202 valence electrons. The molecule has 38 heavy (non-hydrogen) atoms. The van der Waals surface area contributed by atoms with Crippen molar-refractivity contribution in [3.8, 4) is 0 Å². The van der Waals surface area contributed by atoms with Gasteiger partial charge in [0.1, 0.15) is 32.1 Å². The molecule has 2 aliphatic rings. The number of ether oxygens (including phenoxy) is 2. The molecule has 1 atom stereocenters. The number of fused-ring (bicyclic) bond motifs is 1. The molecule has 1 unspecified atom stereocenters. The fraction of sp³-hybridized carbons (Fsp3) is 0.348. The normalized spacial score (nSPS) is 17.1. The van der Waals surface area contributed by atoms with Crippen LogP contribution in [0.15, 0.2) is 47.1 Å². The SMILES string of the molecule is C=CCOC(=O)Nc1nc(/C(=N/OC)C(=O)NC2CN3CC(C(=O)CC)=C(C(=O)OCC=C)N3C2=O)cs1. The van der Waals surface area contributed by atoms with E-state index in [4.69, 9.17) is 14.3 Å². The third-order valence-electron chi connectivity index (χ3n) is 5.20. The molecule has 14 nitrogen and oxygen atoms in total. The number of aromatic nitrogens is 1. The maximum Gasteiger partial charge on any atom is 0.413 e. The number of ketones is 1. The molecule has 15 heteroatoms. The quantitative estimate of drug-likeness (QED) is 0.165. The second-order valence-electron chi connectivity index (χ2n) is 7.69. The van der Waals surface area contributed by atoms with Crippen LogP contribution in [0.1, 0.15) is 19.0 Å². The van der Waals surface area contributed by atoms with Gasteiger partial charge in [-0.1, -0.05) is 37.4 Å². The molecule has 2 N–H and O–H groups in total. The number of nitrogens with zero attached hydrogens (tertiary/aromatic N) is 4. The third kappa shape index (κ3) is 6.12. The molecule has 1 aromatic rings. The van der Waals surface area contributed by atoms with Gasteiger partial charge in [-0.05, 0) is 0 Å². The molecule has 0 spiro atoms. The fourth-order valence-corrected chi connectivity index (χ4v) is 4.28. The molecule has 3 rings (SSSR count). The topological polar surface area (TPSA) is 169 Å². The molecule has 0 radical (unpaired) electrons. The van der Waals surface area contributed by atoms with Crippen molar-refractivity contribution in [2.75, 3.05) is 38.7 Å². The van der Waals surface area contributed by atoms with Crippen LogP contribution in [0.3, 0.4) is 0 Å². The number of oxime groups is 1. The van der Waals surface area contributed by atoms with E-state index in [0.717, 1.165) is 16.3 Å². The molecule has 1 aromatic heterocycles. The summed E-state index contributed by atoms with van der Waals surface area (Å²) in [4.78, 5) is 72.1. The number of amides is 3. The van der Waals surface area contributed by atoms with Crippen LogP contribution in [0.5, 0.6) is 0 Å². The van der Waals surface area contributed by atoms with Gasteiger partial charge in [0.15, 0.2) is 22.3 Å². The first-order valence-electron chi connectivity index (χ1n) is 11.3. The number of rotatable bonds is 12. The van der Waals surface area contributed by atoms with E-state index >= 15 is 0 Å². The first kappa shape index (κ1) is 28.2. The van der Waals surface area contributed by atoms with E-state index in [0.29, 0.717) is 0 Å². The van der Waals surface area contributed by atoms with Crippen molar-refractivity contribution in [1.82, 2.24) is 20.3 Å². The monoisotopic (exact) mass is 546 g/mol. The highest BCUT2D eigenvalue weighted by atomic mass is 32.1. The lowest BCUT2D eigenvalue weighted by atomic mass is 10.1. The lowest BCUT2D eigenvalue weighted by Crippen LogP contribution is -2.46. The zero-order valence-corrected chi connectivity index (χ0v) is 21.5. The molecular weight excluding hydrogens is 520 g/mol. The summed E-state index contributed by atoms with van der Waals surface area (Å²) in [6.45, 7) is 8.47. The number of hydrazine groups is 1. The Morgan fingerprint density at radius 2 is 1.95 bits per heavy atom. The van der Waals surface area contributed by atoms with Crippen LogP contribution >= 0.6 is 11.3 Å². The first-order chi connectivity index (χ1) is 18.2. The molecule has 1 saturated heterocycles. The minimum atomic E-state index is -1.07. The van der Waals surface area contributed by atoms with Gasteiger partial charge >= 0.3 is 12.1 Å². The Hall–Kier alpha value is -4.37. The summed E-state index contributed by atoms with van der Waals surface area (Å²) in [5.74, 6) is -2.57. The van der Waals surface area contributed by atoms with Crippen molar-refractivity contribution in [3.63, 3.8) is 0 Å². The zero-order valence-electron chi connectivity index (χ0n) is 20.7. The molecule has 1 fully saturated rings. The lowest BCUT2D eigenvalue weighted by molar-refractivity contribution is -0.146. The predicted octanol–water partition coefficient (Wildman–Crippen LogP) is 0.748. The summed E-state index contributed by atoms with van der Waals surface area (Å²) >= 11 is 1.01. The van der Waals surface area contributed by atoms with E-state index in [1.54, 1.807) is 6.92 Å². The fourth-order valence-electron chi connectivity index (χ4n) is 3.60. The van der Waals surface area contributed by atoms with Crippen molar-refractivity contribution in [2.24, 2.45) is 5.16 Å². The lowest BCUT2D eigenvalue weighted by Gasteiger charge is -2.20. The van der Waals surface area contributed by atoms with E-state index in [1.807, 2.05) is 0 Å². The van der Waals surface area contributed by atoms with Gasteiger partial charge in [0.05, 0.1) is 0 Å². The Kier molecular flexibility index (Phi) is 9.45. The minimum absolute atomic E-state index is 0.00326. The zero-order chi connectivity index (χ0) is 27.8. The molecule has 0 saturated carbocycles. The van der Waals surface area contributed by atoms with Crippen LogP contribution in [0, 0.1) is 0 Å². The van der Waals surface area contributed by atoms with Crippen molar-refractivity contribution in [3.05, 3.63) is 47.7 Å². The number of anilines is 1. The molecule has 0 aromatic carbocycles. The summed E-state index contributed by atoms with van der Waals surface area (Å²) in [5, 5.41) is 12.8. The van der Waals surface area contributed by atoms with Crippen molar-refractivity contribution in [2.45, 2.75) is 19.4 Å².